The van der Waals surface area contributed by atoms with Crippen LogP contribution in [0.5, 0.6) is 11.5 Å². The number of hydrogen-bond donors (Lipinski definition) is 2. The van der Waals surface area contributed by atoms with Crippen molar-refractivity contribution in [2.75, 3.05) is 65.3 Å². The highest BCUT2D eigenvalue weighted by atomic mass is 35.5. The van der Waals surface area contributed by atoms with Crippen LogP contribution in [0, 0.1) is 5.82 Å². The second-order valence-corrected chi connectivity index (χ2v) is 10.4. The summed E-state index contributed by atoms with van der Waals surface area (Å²) in [6.07, 6.45) is 1.22. The van der Waals surface area contributed by atoms with Crippen LogP contribution in [0.25, 0.3) is 10.9 Å². The molecule has 39 heavy (non-hydrogen) atoms. The standard InChI is InChI=1S/C27H32ClFN6O4/c1-33-5-7-34(8-6-33)14-25(37)35-13-19(36)10-18(35)15-39-24-12-20(38-2)11-23-26(24)27(31-16-30-23)32-17-3-4-22(29)21(28)9-17/h3-4,9,11-12,16,18-19,36H,5-8,10,13-15H2,1-2H3,(H,30,31,32)/t18-,19+/m0/s1. The van der Waals surface area contributed by atoms with E-state index < -0.39 is 11.9 Å². The molecule has 0 spiro atoms. The average molecular weight is 559 g/mol. The molecule has 2 saturated heterocycles. The van der Waals surface area contributed by atoms with Gasteiger partial charge in [-0.05, 0) is 31.7 Å². The lowest BCUT2D eigenvalue weighted by molar-refractivity contribution is -0.134. The molecule has 5 rings (SSSR count). The average Bonchev–Trinajstić information content (AvgIpc) is 3.31. The number of ether oxygens (including phenoxy) is 2. The van der Waals surface area contributed by atoms with E-state index in [1.54, 1.807) is 30.2 Å². The number of nitrogens with one attached hydrogen (secondary N) is 1. The van der Waals surface area contributed by atoms with Gasteiger partial charge in [0.1, 0.15) is 36.1 Å². The number of β-amino-alcohol motifs (C(OH)–C–C–N with tert-alkyl or cyclic N) is 1. The lowest BCUT2D eigenvalue weighted by Crippen LogP contribution is -2.50. The van der Waals surface area contributed by atoms with Gasteiger partial charge in [0, 0.05) is 50.5 Å². The van der Waals surface area contributed by atoms with Gasteiger partial charge in [-0.3, -0.25) is 9.69 Å². The van der Waals surface area contributed by atoms with E-state index in [-0.39, 0.29) is 30.1 Å². The van der Waals surface area contributed by atoms with Crippen LogP contribution in [-0.4, -0.2) is 108 Å². The van der Waals surface area contributed by atoms with Gasteiger partial charge in [-0.2, -0.15) is 0 Å². The molecule has 1 amide bonds. The Morgan fingerprint density at radius 3 is 2.74 bits per heavy atom. The normalized spacial score (nSPS) is 20.4. The number of carbonyl (C=O) groups is 1. The number of likely N-dealkylation sites (N-methyl/N-ethyl adjacent to an activating group) is 1. The van der Waals surface area contributed by atoms with Crippen LogP contribution in [0.15, 0.2) is 36.7 Å². The van der Waals surface area contributed by atoms with Crippen LogP contribution in [0.1, 0.15) is 6.42 Å². The van der Waals surface area contributed by atoms with Crippen molar-refractivity contribution >= 4 is 39.9 Å². The highest BCUT2D eigenvalue weighted by Gasteiger charge is 2.35. The van der Waals surface area contributed by atoms with Gasteiger partial charge in [0.15, 0.2) is 0 Å². The van der Waals surface area contributed by atoms with Crippen molar-refractivity contribution in [2.24, 2.45) is 0 Å². The maximum atomic E-state index is 13.7. The van der Waals surface area contributed by atoms with Crippen LogP contribution in [0.3, 0.4) is 0 Å². The summed E-state index contributed by atoms with van der Waals surface area (Å²) in [5, 5.41) is 14.1. The third kappa shape index (κ3) is 6.33. The van der Waals surface area contributed by atoms with Crippen molar-refractivity contribution in [3.63, 3.8) is 0 Å². The predicted octanol–water partition coefficient (Wildman–Crippen LogP) is 2.76. The molecule has 208 valence electrons. The highest BCUT2D eigenvalue weighted by molar-refractivity contribution is 6.31. The lowest BCUT2D eigenvalue weighted by Gasteiger charge is -2.33. The molecule has 0 unspecified atom stereocenters. The van der Waals surface area contributed by atoms with E-state index in [1.807, 2.05) is 0 Å². The number of methoxy groups -OCH3 is 1. The van der Waals surface area contributed by atoms with Gasteiger partial charge < -0.3 is 29.7 Å². The van der Waals surface area contributed by atoms with E-state index >= 15 is 0 Å². The lowest BCUT2D eigenvalue weighted by atomic mass is 10.1. The first-order chi connectivity index (χ1) is 18.8. The number of aliphatic hydroxyl groups excluding tert-OH is 1. The fourth-order valence-corrected chi connectivity index (χ4v) is 5.18. The van der Waals surface area contributed by atoms with Crippen molar-refractivity contribution in [1.29, 1.82) is 0 Å². The number of benzene rings is 2. The van der Waals surface area contributed by atoms with E-state index in [1.165, 1.54) is 18.5 Å². The Bertz CT molecular complexity index is 1340. The molecule has 2 atom stereocenters. The minimum atomic E-state index is -0.610. The highest BCUT2D eigenvalue weighted by Crippen LogP contribution is 2.36. The molecule has 2 aliphatic heterocycles. The number of piperazine rings is 1. The van der Waals surface area contributed by atoms with Crippen molar-refractivity contribution in [3.8, 4) is 11.5 Å². The second-order valence-electron chi connectivity index (χ2n) is 9.98. The second kappa shape index (κ2) is 11.9. The maximum Gasteiger partial charge on any atom is 0.237 e. The molecule has 12 heteroatoms. The molecule has 0 bridgehead atoms. The number of rotatable bonds is 8. The Morgan fingerprint density at radius 2 is 2.00 bits per heavy atom. The zero-order chi connectivity index (χ0) is 27.5. The van der Waals surface area contributed by atoms with Crippen molar-refractivity contribution < 1.29 is 23.8 Å². The van der Waals surface area contributed by atoms with E-state index in [9.17, 15) is 14.3 Å². The summed E-state index contributed by atoms with van der Waals surface area (Å²) in [5.74, 6) is 0.901. The molecule has 2 fully saturated rings. The maximum absolute atomic E-state index is 13.7. The van der Waals surface area contributed by atoms with Crippen molar-refractivity contribution in [2.45, 2.75) is 18.6 Å². The van der Waals surface area contributed by atoms with Crippen LogP contribution in [-0.2, 0) is 4.79 Å². The summed E-state index contributed by atoms with van der Waals surface area (Å²) < 4.78 is 25.4. The fourth-order valence-electron chi connectivity index (χ4n) is 5.00. The van der Waals surface area contributed by atoms with Crippen molar-refractivity contribution in [3.05, 3.63) is 47.5 Å². The molecule has 10 nitrogen and oxygen atoms in total. The van der Waals surface area contributed by atoms with Crippen LogP contribution < -0.4 is 14.8 Å². The van der Waals surface area contributed by atoms with Crippen LogP contribution in [0.2, 0.25) is 5.02 Å². The first-order valence-corrected chi connectivity index (χ1v) is 13.2. The largest absolute Gasteiger partial charge is 0.497 e. The molecule has 0 radical (unpaired) electrons. The Balaban J connectivity index is 1.36. The van der Waals surface area contributed by atoms with Gasteiger partial charge in [0.25, 0.3) is 0 Å². The number of likely N-dealkylation sites (tertiary alicyclic amines) is 1. The SMILES string of the molecule is COc1cc(OC[C@@H]2C[C@@H](O)CN2C(=O)CN2CCN(C)CC2)c2c(Nc3ccc(F)c(Cl)c3)ncnc2c1. The number of aliphatic hydroxyl groups is 1. The van der Waals surface area contributed by atoms with Gasteiger partial charge in [0.05, 0.1) is 41.7 Å². The third-order valence-electron chi connectivity index (χ3n) is 7.19. The number of anilines is 2. The monoisotopic (exact) mass is 558 g/mol. The smallest absolute Gasteiger partial charge is 0.237 e. The molecule has 3 aromatic rings. The third-order valence-corrected chi connectivity index (χ3v) is 7.48. The molecule has 0 aliphatic carbocycles. The Kier molecular flexibility index (Phi) is 8.31. The topological polar surface area (TPSA) is 103 Å². The van der Waals surface area contributed by atoms with E-state index in [4.69, 9.17) is 21.1 Å². The van der Waals surface area contributed by atoms with Gasteiger partial charge >= 0.3 is 0 Å². The van der Waals surface area contributed by atoms with Gasteiger partial charge in [-0.25, -0.2) is 14.4 Å². The molecule has 2 aliphatic rings. The minimum absolute atomic E-state index is 0.0147. The van der Waals surface area contributed by atoms with E-state index in [2.05, 4.69) is 32.1 Å². The summed E-state index contributed by atoms with van der Waals surface area (Å²) in [7, 11) is 3.63. The van der Waals surface area contributed by atoms with E-state index in [0.29, 0.717) is 46.9 Å². The molecule has 2 aromatic carbocycles. The predicted molar refractivity (Wildman–Crippen MR) is 146 cm³/mol. The Morgan fingerprint density at radius 1 is 1.21 bits per heavy atom. The molecular formula is C27H32ClFN6O4. The van der Waals surface area contributed by atoms with Crippen LogP contribution >= 0.6 is 11.6 Å². The summed E-state index contributed by atoms with van der Waals surface area (Å²) in [5.41, 5.74) is 1.12. The zero-order valence-corrected chi connectivity index (χ0v) is 22.7. The quantitative estimate of drug-likeness (QED) is 0.432. The van der Waals surface area contributed by atoms with E-state index in [0.717, 1.165) is 26.2 Å². The first kappa shape index (κ1) is 27.3. The van der Waals surface area contributed by atoms with Gasteiger partial charge in [0.2, 0.25) is 5.91 Å². The number of carbonyl (C=O) groups excluding carboxylic acids is 1. The Hall–Kier alpha value is -3.25. The van der Waals surface area contributed by atoms with Gasteiger partial charge in [-0.1, -0.05) is 11.6 Å². The van der Waals surface area contributed by atoms with Crippen LogP contribution in [0.4, 0.5) is 15.9 Å². The van der Waals surface area contributed by atoms with Crippen molar-refractivity contribution in [1.82, 2.24) is 24.7 Å². The number of nitrogens with zero attached hydrogens (tertiary/aromatic N) is 5. The number of halogens is 2. The summed E-state index contributed by atoms with van der Waals surface area (Å²) >= 11 is 5.96. The number of aromatic nitrogens is 2. The number of hydrogen-bond acceptors (Lipinski definition) is 9. The molecular weight excluding hydrogens is 527 g/mol. The zero-order valence-electron chi connectivity index (χ0n) is 21.9. The Labute approximate surface area is 231 Å². The number of amides is 1. The summed E-state index contributed by atoms with van der Waals surface area (Å²) in [4.78, 5) is 28.1. The summed E-state index contributed by atoms with van der Waals surface area (Å²) in [6.45, 7) is 4.30. The molecule has 3 heterocycles. The number of fused-ring (bicyclic) bond motifs is 1. The molecule has 0 saturated carbocycles. The van der Waals surface area contributed by atoms with Gasteiger partial charge in [-0.15, -0.1) is 0 Å². The minimum Gasteiger partial charge on any atom is -0.497 e. The molecule has 1 aromatic heterocycles. The first-order valence-electron chi connectivity index (χ1n) is 12.9. The fraction of sp³-hybridized carbons (Fsp3) is 0.444. The summed E-state index contributed by atoms with van der Waals surface area (Å²) in [6, 6.07) is 7.50. The molecule has 2 N–H and O–H groups in total.